The molecule has 1 aliphatic heterocycles. The molecule has 2 rings (SSSR count). The van der Waals surface area contributed by atoms with Gasteiger partial charge in [-0.05, 0) is 25.7 Å². The predicted molar refractivity (Wildman–Crippen MR) is 54.9 cm³/mol. The molecule has 0 N–H and O–H groups in total. The molecular weight excluding hydrogens is 160 g/mol. The molecule has 0 amide bonds. The summed E-state index contributed by atoms with van der Waals surface area (Å²) >= 11 is 0. The van der Waals surface area contributed by atoms with Gasteiger partial charge >= 0.3 is 0 Å². The van der Waals surface area contributed by atoms with Crippen molar-refractivity contribution in [3.63, 3.8) is 0 Å². The molecule has 2 aliphatic rings. The lowest BCUT2D eigenvalue weighted by Gasteiger charge is -2.31. The molecule has 0 aromatic carbocycles. The number of hydrogen-bond donors (Lipinski definition) is 0. The van der Waals surface area contributed by atoms with Gasteiger partial charge in [-0.2, -0.15) is 0 Å². The van der Waals surface area contributed by atoms with E-state index in [1.807, 2.05) is 0 Å². The predicted octanol–water partition coefficient (Wildman–Crippen LogP) is 3.67. The molecule has 1 saturated heterocycles. The minimum Gasteiger partial charge on any atom is -0.375 e. The lowest BCUT2D eigenvalue weighted by Crippen LogP contribution is -2.31. The molecule has 0 aromatic heterocycles. The van der Waals surface area contributed by atoms with Crippen LogP contribution in [-0.4, -0.2) is 12.2 Å². The Labute approximate surface area is 81.9 Å². The summed E-state index contributed by atoms with van der Waals surface area (Å²) in [5.74, 6) is 0. The molecule has 1 nitrogen and oxygen atoms in total. The second kappa shape index (κ2) is 4.45. The van der Waals surface area contributed by atoms with Crippen molar-refractivity contribution in [1.82, 2.24) is 0 Å². The quantitative estimate of drug-likeness (QED) is 0.555. The average Bonchev–Trinajstić information content (AvgIpc) is 2.50. The van der Waals surface area contributed by atoms with Crippen LogP contribution in [0.15, 0.2) is 0 Å². The van der Waals surface area contributed by atoms with Crippen LogP contribution in [0.1, 0.15) is 64.2 Å². The Morgan fingerprint density at radius 3 is 1.77 bits per heavy atom. The third kappa shape index (κ3) is 2.46. The van der Waals surface area contributed by atoms with Gasteiger partial charge in [0.15, 0.2) is 0 Å². The Morgan fingerprint density at radius 1 is 0.615 bits per heavy atom. The van der Waals surface area contributed by atoms with E-state index in [9.17, 15) is 0 Å². The van der Waals surface area contributed by atoms with Crippen molar-refractivity contribution in [2.24, 2.45) is 0 Å². The minimum absolute atomic E-state index is 0.326. The SMILES string of the molecule is C1CCCC2(CC1)CCCCCO2. The van der Waals surface area contributed by atoms with Gasteiger partial charge in [-0.15, -0.1) is 0 Å². The monoisotopic (exact) mass is 182 g/mol. The van der Waals surface area contributed by atoms with Crippen LogP contribution < -0.4 is 0 Å². The van der Waals surface area contributed by atoms with Crippen LogP contribution in [-0.2, 0) is 4.74 Å². The van der Waals surface area contributed by atoms with Gasteiger partial charge in [0.05, 0.1) is 5.60 Å². The fraction of sp³-hybridized carbons (Fsp3) is 1.00. The van der Waals surface area contributed by atoms with Crippen molar-refractivity contribution in [1.29, 1.82) is 0 Å². The Kier molecular flexibility index (Phi) is 3.26. The van der Waals surface area contributed by atoms with Crippen molar-refractivity contribution in [3.8, 4) is 0 Å². The molecular formula is C12H22O. The van der Waals surface area contributed by atoms with Crippen LogP contribution in [0.5, 0.6) is 0 Å². The van der Waals surface area contributed by atoms with Gasteiger partial charge in [0.2, 0.25) is 0 Å². The smallest absolute Gasteiger partial charge is 0.0682 e. The fourth-order valence-corrected chi connectivity index (χ4v) is 2.85. The summed E-state index contributed by atoms with van der Waals surface area (Å²) in [7, 11) is 0. The van der Waals surface area contributed by atoms with Crippen molar-refractivity contribution >= 4 is 0 Å². The number of ether oxygens (including phenoxy) is 1. The van der Waals surface area contributed by atoms with Gasteiger partial charge in [0.25, 0.3) is 0 Å². The van der Waals surface area contributed by atoms with Crippen LogP contribution in [0.25, 0.3) is 0 Å². The minimum atomic E-state index is 0.326. The highest BCUT2D eigenvalue weighted by Gasteiger charge is 2.32. The molecule has 13 heavy (non-hydrogen) atoms. The number of hydrogen-bond acceptors (Lipinski definition) is 1. The molecule has 0 radical (unpaired) electrons. The van der Waals surface area contributed by atoms with Gasteiger partial charge in [0.1, 0.15) is 0 Å². The second-order valence-corrected chi connectivity index (χ2v) is 4.76. The topological polar surface area (TPSA) is 9.23 Å². The molecule has 1 heteroatoms. The van der Waals surface area contributed by atoms with Crippen LogP contribution >= 0.6 is 0 Å². The van der Waals surface area contributed by atoms with E-state index in [1.54, 1.807) is 0 Å². The van der Waals surface area contributed by atoms with Gasteiger partial charge < -0.3 is 4.74 Å². The highest BCUT2D eigenvalue weighted by Crippen LogP contribution is 2.36. The molecule has 1 spiro atoms. The molecule has 1 heterocycles. The second-order valence-electron chi connectivity index (χ2n) is 4.76. The molecule has 1 saturated carbocycles. The van der Waals surface area contributed by atoms with Crippen molar-refractivity contribution in [2.45, 2.75) is 69.8 Å². The average molecular weight is 182 g/mol. The Hall–Kier alpha value is -0.0400. The van der Waals surface area contributed by atoms with E-state index < -0.39 is 0 Å². The van der Waals surface area contributed by atoms with Gasteiger partial charge in [0, 0.05) is 6.61 Å². The van der Waals surface area contributed by atoms with Gasteiger partial charge in [-0.1, -0.05) is 38.5 Å². The zero-order valence-corrected chi connectivity index (χ0v) is 8.69. The van der Waals surface area contributed by atoms with E-state index >= 15 is 0 Å². The third-order valence-corrected chi connectivity index (χ3v) is 3.70. The maximum absolute atomic E-state index is 6.11. The van der Waals surface area contributed by atoms with E-state index in [-0.39, 0.29) is 0 Å². The molecule has 0 atom stereocenters. The first-order valence-corrected chi connectivity index (χ1v) is 6.05. The van der Waals surface area contributed by atoms with E-state index in [1.165, 1.54) is 64.2 Å². The summed E-state index contributed by atoms with van der Waals surface area (Å²) in [5, 5.41) is 0. The van der Waals surface area contributed by atoms with Gasteiger partial charge in [-0.25, -0.2) is 0 Å². The third-order valence-electron chi connectivity index (χ3n) is 3.70. The molecule has 0 bridgehead atoms. The molecule has 76 valence electrons. The van der Waals surface area contributed by atoms with E-state index in [4.69, 9.17) is 4.74 Å². The normalized spacial score (nSPS) is 29.5. The molecule has 2 fully saturated rings. The van der Waals surface area contributed by atoms with Crippen LogP contribution in [0.4, 0.5) is 0 Å². The summed E-state index contributed by atoms with van der Waals surface area (Å²) in [6.07, 6.45) is 13.8. The summed E-state index contributed by atoms with van der Waals surface area (Å²) in [5.41, 5.74) is 0.326. The zero-order valence-electron chi connectivity index (χ0n) is 8.69. The highest BCUT2D eigenvalue weighted by molar-refractivity contribution is 4.84. The first kappa shape index (κ1) is 9.51. The Bertz CT molecular complexity index is 116. The van der Waals surface area contributed by atoms with E-state index in [2.05, 4.69) is 0 Å². The maximum Gasteiger partial charge on any atom is 0.0682 e. The molecule has 0 unspecified atom stereocenters. The lowest BCUT2D eigenvalue weighted by atomic mass is 9.89. The van der Waals surface area contributed by atoms with Crippen molar-refractivity contribution in [2.75, 3.05) is 6.61 Å². The van der Waals surface area contributed by atoms with Crippen molar-refractivity contribution < 1.29 is 4.74 Å². The summed E-state index contributed by atoms with van der Waals surface area (Å²) in [6.45, 7) is 1.03. The van der Waals surface area contributed by atoms with E-state index in [0.717, 1.165) is 6.61 Å². The summed E-state index contributed by atoms with van der Waals surface area (Å²) < 4.78 is 6.11. The standard InChI is InChI=1S/C12H22O/c1-2-5-9-12(8-4-1)10-6-3-7-11-13-12/h1-11H2. The molecule has 0 aromatic rings. The van der Waals surface area contributed by atoms with E-state index in [0.29, 0.717) is 5.60 Å². The van der Waals surface area contributed by atoms with Crippen LogP contribution in [0, 0.1) is 0 Å². The lowest BCUT2D eigenvalue weighted by molar-refractivity contribution is -0.0532. The first-order valence-electron chi connectivity index (χ1n) is 6.05. The summed E-state index contributed by atoms with van der Waals surface area (Å²) in [4.78, 5) is 0. The van der Waals surface area contributed by atoms with Crippen molar-refractivity contribution in [3.05, 3.63) is 0 Å². The largest absolute Gasteiger partial charge is 0.375 e. The maximum atomic E-state index is 6.11. The van der Waals surface area contributed by atoms with Crippen LogP contribution in [0.2, 0.25) is 0 Å². The van der Waals surface area contributed by atoms with Gasteiger partial charge in [-0.3, -0.25) is 0 Å². The first-order chi connectivity index (χ1) is 6.41. The fourth-order valence-electron chi connectivity index (χ4n) is 2.85. The Morgan fingerprint density at radius 2 is 1.15 bits per heavy atom. The van der Waals surface area contributed by atoms with Crippen LogP contribution in [0.3, 0.4) is 0 Å². The highest BCUT2D eigenvalue weighted by atomic mass is 16.5. The summed E-state index contributed by atoms with van der Waals surface area (Å²) in [6, 6.07) is 0. The molecule has 1 aliphatic carbocycles. The Balaban J connectivity index is 1.97. The number of rotatable bonds is 0. The zero-order chi connectivity index (χ0) is 8.99.